The van der Waals surface area contributed by atoms with Crippen LogP contribution in [0.4, 0.5) is 5.69 Å². The number of nitrogens with zero attached hydrogens (tertiary/aromatic N) is 1. The fraction of sp³-hybridized carbons (Fsp3) is 0.593. The summed E-state index contributed by atoms with van der Waals surface area (Å²) in [6.07, 6.45) is 3.09. The number of anilines is 1. The zero-order valence-electron chi connectivity index (χ0n) is 21.2. The molecule has 3 aliphatic heterocycles. The van der Waals surface area contributed by atoms with Crippen molar-refractivity contribution in [1.82, 2.24) is 4.90 Å². The molecule has 2 saturated heterocycles. The number of hydrogen-bond acceptors (Lipinski definition) is 8. The fourth-order valence-corrected chi connectivity index (χ4v) is 7.58. The maximum atomic E-state index is 13.6. The Balaban J connectivity index is 1.75. The number of nitrogens with one attached hydrogen (secondary N) is 1. The molecule has 1 unspecified atom stereocenters. The van der Waals surface area contributed by atoms with Crippen molar-refractivity contribution in [3.8, 4) is 0 Å². The van der Waals surface area contributed by atoms with E-state index in [2.05, 4.69) is 22.4 Å². The lowest BCUT2D eigenvalue weighted by molar-refractivity contribution is -0.164. The molecule has 0 radical (unpaired) electrons. The third-order valence-electron chi connectivity index (χ3n) is 8.57. The second-order valence-electron chi connectivity index (χ2n) is 11.1. The number of benzene rings is 1. The molecule has 1 saturated carbocycles. The van der Waals surface area contributed by atoms with Gasteiger partial charge in [0, 0.05) is 23.7 Å². The minimum absolute atomic E-state index is 0.103. The topological polar surface area (TPSA) is 94.2 Å². The highest BCUT2D eigenvalue weighted by molar-refractivity contribution is 5.96. The van der Waals surface area contributed by atoms with E-state index in [4.69, 9.17) is 14.2 Å². The van der Waals surface area contributed by atoms with Crippen molar-refractivity contribution in [2.75, 3.05) is 26.1 Å². The molecule has 188 valence electrons. The minimum Gasteiger partial charge on any atom is -0.468 e. The van der Waals surface area contributed by atoms with E-state index in [1.807, 2.05) is 45.9 Å². The molecule has 0 amide bonds. The standard InChI is InChI=1S/C27H34N2O6/c1-7-15-14-29-19(22(30)35-25(2,3)4)13-26-16-10-8-9-11-18(16)28-27(15,26)20(29)12-17(26)21(23(31)33-5)24(32)34-6/h7-11,17,19-21,28H,12-14H2,1-6H3/b15-7+/t17-,19+,20-,26-,27+/m1/s1. The Kier molecular flexibility index (Phi) is 5.33. The number of carbonyl (C=O) groups excluding carboxylic acids is 3. The molecular weight excluding hydrogens is 448 g/mol. The van der Waals surface area contributed by atoms with Crippen molar-refractivity contribution in [2.45, 2.75) is 69.2 Å². The highest BCUT2D eigenvalue weighted by Crippen LogP contribution is 2.71. The van der Waals surface area contributed by atoms with Crippen molar-refractivity contribution in [3.63, 3.8) is 0 Å². The number of ether oxygens (including phenoxy) is 3. The fourth-order valence-electron chi connectivity index (χ4n) is 7.58. The van der Waals surface area contributed by atoms with Crippen LogP contribution < -0.4 is 5.32 Å². The maximum Gasteiger partial charge on any atom is 0.323 e. The Morgan fingerprint density at radius 2 is 1.80 bits per heavy atom. The average Bonchev–Trinajstić information content (AvgIpc) is 3.29. The van der Waals surface area contributed by atoms with Gasteiger partial charge in [-0.2, -0.15) is 0 Å². The van der Waals surface area contributed by atoms with Gasteiger partial charge in [0.25, 0.3) is 0 Å². The largest absolute Gasteiger partial charge is 0.468 e. The van der Waals surface area contributed by atoms with Crippen LogP contribution in [0.2, 0.25) is 0 Å². The van der Waals surface area contributed by atoms with Crippen LogP contribution in [0.15, 0.2) is 35.9 Å². The summed E-state index contributed by atoms with van der Waals surface area (Å²) >= 11 is 0. The van der Waals surface area contributed by atoms with Gasteiger partial charge < -0.3 is 19.5 Å². The third-order valence-corrected chi connectivity index (χ3v) is 8.57. The summed E-state index contributed by atoms with van der Waals surface area (Å²) in [5.41, 5.74) is 1.31. The molecule has 6 atom stereocenters. The first-order valence-corrected chi connectivity index (χ1v) is 12.2. The smallest absolute Gasteiger partial charge is 0.323 e. The number of carbonyl (C=O) groups is 3. The number of esters is 3. The van der Waals surface area contributed by atoms with E-state index < -0.39 is 46.4 Å². The zero-order chi connectivity index (χ0) is 25.3. The van der Waals surface area contributed by atoms with Crippen LogP contribution in [0.1, 0.15) is 46.1 Å². The van der Waals surface area contributed by atoms with Gasteiger partial charge in [-0.15, -0.1) is 0 Å². The number of piperidine rings is 1. The summed E-state index contributed by atoms with van der Waals surface area (Å²) in [7, 11) is 2.59. The molecule has 1 N–H and O–H groups in total. The highest BCUT2D eigenvalue weighted by atomic mass is 16.6. The van der Waals surface area contributed by atoms with Crippen molar-refractivity contribution in [3.05, 3.63) is 41.5 Å². The molecule has 35 heavy (non-hydrogen) atoms. The van der Waals surface area contributed by atoms with Crippen molar-refractivity contribution < 1.29 is 28.6 Å². The van der Waals surface area contributed by atoms with E-state index in [-0.39, 0.29) is 12.0 Å². The number of fused-ring (bicyclic) bond motifs is 1. The van der Waals surface area contributed by atoms with Crippen LogP contribution in [0.5, 0.6) is 0 Å². The number of rotatable bonds is 4. The third kappa shape index (κ3) is 2.98. The van der Waals surface area contributed by atoms with Crippen LogP contribution in [-0.4, -0.2) is 66.8 Å². The van der Waals surface area contributed by atoms with Gasteiger partial charge in [-0.1, -0.05) is 24.3 Å². The minimum atomic E-state index is -1.10. The van der Waals surface area contributed by atoms with E-state index in [1.54, 1.807) is 0 Å². The Morgan fingerprint density at radius 1 is 1.14 bits per heavy atom. The maximum absolute atomic E-state index is 13.6. The first-order valence-electron chi connectivity index (χ1n) is 12.2. The monoisotopic (exact) mass is 482 g/mol. The highest BCUT2D eigenvalue weighted by Gasteiger charge is 2.80. The second kappa shape index (κ2) is 7.82. The molecule has 3 fully saturated rings. The van der Waals surface area contributed by atoms with E-state index >= 15 is 0 Å². The molecule has 8 nitrogen and oxygen atoms in total. The van der Waals surface area contributed by atoms with Gasteiger partial charge in [-0.25, -0.2) is 0 Å². The number of methoxy groups -OCH3 is 2. The van der Waals surface area contributed by atoms with Gasteiger partial charge in [0.1, 0.15) is 11.6 Å². The summed E-state index contributed by atoms with van der Waals surface area (Å²) < 4.78 is 16.1. The molecule has 5 rings (SSSR count). The summed E-state index contributed by atoms with van der Waals surface area (Å²) in [5.74, 6) is -3.01. The van der Waals surface area contributed by atoms with E-state index in [1.165, 1.54) is 19.8 Å². The second-order valence-corrected chi connectivity index (χ2v) is 11.1. The first kappa shape index (κ1) is 23.9. The van der Waals surface area contributed by atoms with Gasteiger partial charge in [0.05, 0.1) is 19.8 Å². The Morgan fingerprint density at radius 3 is 2.40 bits per heavy atom. The molecule has 4 aliphatic rings. The number of allylic oxidation sites excluding steroid dienone is 1. The Bertz CT molecular complexity index is 1110. The molecular formula is C27H34N2O6. The number of hydrogen-bond donors (Lipinski definition) is 1. The molecule has 1 aromatic carbocycles. The van der Waals surface area contributed by atoms with Crippen LogP contribution in [0, 0.1) is 11.8 Å². The van der Waals surface area contributed by atoms with Crippen molar-refractivity contribution in [1.29, 1.82) is 0 Å². The molecule has 8 heteroatoms. The van der Waals surface area contributed by atoms with E-state index in [0.717, 1.165) is 11.3 Å². The SMILES string of the molecule is C/C=C1\CN2[C@H](C(=O)OC(C)(C)C)C[C@]34c5ccccc5N[C@]13[C@H]2C[C@@H]4C(C(=O)OC)C(=O)OC. The van der Waals surface area contributed by atoms with Gasteiger partial charge >= 0.3 is 17.9 Å². The lowest BCUT2D eigenvalue weighted by atomic mass is 9.57. The van der Waals surface area contributed by atoms with Crippen LogP contribution in [0.3, 0.4) is 0 Å². The zero-order valence-corrected chi connectivity index (χ0v) is 21.2. The lowest BCUT2D eigenvalue weighted by Crippen LogP contribution is -2.65. The molecule has 0 aromatic heterocycles. The summed E-state index contributed by atoms with van der Waals surface area (Å²) in [4.78, 5) is 42.0. The molecule has 4 bridgehead atoms. The van der Waals surface area contributed by atoms with Crippen LogP contribution in [0.25, 0.3) is 0 Å². The predicted octanol–water partition coefficient (Wildman–Crippen LogP) is 2.82. The van der Waals surface area contributed by atoms with Crippen LogP contribution in [-0.2, 0) is 34.0 Å². The summed E-state index contributed by atoms with van der Waals surface area (Å²) in [5, 5.41) is 3.84. The van der Waals surface area contributed by atoms with Gasteiger partial charge in [0.2, 0.25) is 0 Å². The molecule has 3 heterocycles. The summed E-state index contributed by atoms with van der Waals surface area (Å²) in [6.45, 7) is 8.24. The normalized spacial score (nSPS) is 35.3. The average molecular weight is 483 g/mol. The summed E-state index contributed by atoms with van der Waals surface area (Å²) in [6, 6.07) is 7.44. The van der Waals surface area contributed by atoms with Crippen molar-refractivity contribution >= 4 is 23.6 Å². The predicted molar refractivity (Wildman–Crippen MR) is 129 cm³/mol. The van der Waals surface area contributed by atoms with E-state index in [0.29, 0.717) is 19.4 Å². The lowest BCUT2D eigenvalue weighted by Gasteiger charge is -2.50. The quantitative estimate of drug-likeness (QED) is 0.303. The Hall–Kier alpha value is -2.87. The Labute approximate surface area is 206 Å². The van der Waals surface area contributed by atoms with Crippen LogP contribution >= 0.6 is 0 Å². The molecule has 1 spiro atoms. The van der Waals surface area contributed by atoms with Crippen molar-refractivity contribution in [2.24, 2.45) is 11.8 Å². The van der Waals surface area contributed by atoms with E-state index in [9.17, 15) is 14.4 Å². The first-order chi connectivity index (χ1) is 16.6. The van der Waals surface area contributed by atoms with Gasteiger partial charge in [-0.3, -0.25) is 19.3 Å². The molecule has 1 aromatic rings. The number of para-hydroxylation sites is 1. The van der Waals surface area contributed by atoms with Gasteiger partial charge in [-0.05, 0) is 63.7 Å². The van der Waals surface area contributed by atoms with Gasteiger partial charge in [0.15, 0.2) is 5.92 Å². The molecule has 1 aliphatic carbocycles.